The lowest BCUT2D eigenvalue weighted by atomic mass is 10.1. The van der Waals surface area contributed by atoms with Crippen LogP contribution in [0.4, 0.5) is 0 Å². The Bertz CT molecular complexity index is 363. The second kappa shape index (κ2) is 4.44. The van der Waals surface area contributed by atoms with Crippen molar-refractivity contribution in [3.63, 3.8) is 0 Å². The lowest BCUT2D eigenvalue weighted by Crippen LogP contribution is -2.05. The van der Waals surface area contributed by atoms with E-state index >= 15 is 0 Å². The Labute approximate surface area is 98.7 Å². The molecule has 82 valence electrons. The molecule has 1 aromatic carbocycles. The van der Waals surface area contributed by atoms with Crippen molar-refractivity contribution in [3.05, 3.63) is 23.3 Å². The van der Waals surface area contributed by atoms with Crippen LogP contribution in [0.2, 0.25) is 0 Å². The van der Waals surface area contributed by atoms with Crippen LogP contribution >= 0.6 is 15.9 Å². The van der Waals surface area contributed by atoms with Gasteiger partial charge < -0.3 is 9.47 Å². The fourth-order valence-electron chi connectivity index (χ4n) is 1.97. The lowest BCUT2D eigenvalue weighted by molar-refractivity contribution is 0.254. The number of alkyl halides is 1. The zero-order valence-electron chi connectivity index (χ0n) is 9.05. The van der Waals surface area contributed by atoms with Crippen molar-refractivity contribution in [2.24, 2.45) is 0 Å². The molecule has 1 heterocycles. The van der Waals surface area contributed by atoms with Crippen molar-refractivity contribution in [2.75, 3.05) is 12.4 Å². The Hall–Kier alpha value is -0.700. The molecule has 3 heteroatoms. The van der Waals surface area contributed by atoms with Crippen molar-refractivity contribution in [1.29, 1.82) is 0 Å². The van der Waals surface area contributed by atoms with Gasteiger partial charge in [0.15, 0.2) is 0 Å². The molecule has 0 spiro atoms. The Kier molecular flexibility index (Phi) is 3.19. The highest BCUT2D eigenvalue weighted by Gasteiger charge is 2.21. The van der Waals surface area contributed by atoms with Gasteiger partial charge in [-0.1, -0.05) is 15.9 Å². The van der Waals surface area contributed by atoms with Crippen LogP contribution in [-0.4, -0.2) is 18.5 Å². The van der Waals surface area contributed by atoms with E-state index in [-0.39, 0.29) is 0 Å². The first-order valence-corrected chi connectivity index (χ1v) is 6.29. The molecule has 15 heavy (non-hydrogen) atoms. The molecule has 0 N–H and O–H groups in total. The molecule has 1 aliphatic rings. The summed E-state index contributed by atoms with van der Waals surface area (Å²) in [6.45, 7) is 2.09. The fourth-order valence-corrected chi connectivity index (χ4v) is 2.40. The molecule has 2 nitrogen and oxygen atoms in total. The molecule has 0 radical (unpaired) electrons. The summed E-state index contributed by atoms with van der Waals surface area (Å²) in [5, 5.41) is 0.942. The molecular formula is C12H15BrO2. The lowest BCUT2D eigenvalue weighted by Gasteiger charge is -2.09. The van der Waals surface area contributed by atoms with Crippen molar-refractivity contribution < 1.29 is 9.47 Å². The van der Waals surface area contributed by atoms with Gasteiger partial charge in [-0.3, -0.25) is 0 Å². The van der Waals surface area contributed by atoms with Gasteiger partial charge >= 0.3 is 0 Å². The third kappa shape index (κ3) is 2.12. The number of hydrogen-bond acceptors (Lipinski definition) is 2. The molecule has 0 bridgehead atoms. The molecule has 1 unspecified atom stereocenters. The minimum atomic E-state index is 0.295. The predicted molar refractivity (Wildman–Crippen MR) is 64.3 cm³/mol. The summed E-state index contributed by atoms with van der Waals surface area (Å²) < 4.78 is 11.1. The van der Waals surface area contributed by atoms with Gasteiger partial charge in [-0.25, -0.2) is 0 Å². The summed E-state index contributed by atoms with van der Waals surface area (Å²) in [6, 6.07) is 4.22. The zero-order valence-corrected chi connectivity index (χ0v) is 10.6. The van der Waals surface area contributed by atoms with Gasteiger partial charge in [0.05, 0.1) is 7.11 Å². The van der Waals surface area contributed by atoms with E-state index in [2.05, 4.69) is 35.0 Å². The van der Waals surface area contributed by atoms with Gasteiger partial charge in [0.2, 0.25) is 0 Å². The number of hydrogen-bond donors (Lipinski definition) is 0. The van der Waals surface area contributed by atoms with Crippen molar-refractivity contribution in [2.45, 2.75) is 25.9 Å². The van der Waals surface area contributed by atoms with E-state index in [4.69, 9.17) is 9.47 Å². The van der Waals surface area contributed by atoms with Crippen LogP contribution in [0.5, 0.6) is 11.5 Å². The number of halogens is 1. The van der Waals surface area contributed by atoms with Crippen molar-refractivity contribution >= 4 is 15.9 Å². The van der Waals surface area contributed by atoms with Gasteiger partial charge in [0.1, 0.15) is 17.6 Å². The van der Waals surface area contributed by atoms with E-state index in [1.54, 1.807) is 7.11 Å². The highest BCUT2D eigenvalue weighted by Crippen LogP contribution is 2.35. The monoisotopic (exact) mass is 270 g/mol. The molecule has 2 rings (SSSR count). The number of aryl methyl sites for hydroxylation is 1. The first kappa shape index (κ1) is 10.8. The van der Waals surface area contributed by atoms with Crippen molar-refractivity contribution in [3.8, 4) is 11.5 Å². The molecule has 0 aliphatic carbocycles. The van der Waals surface area contributed by atoms with Gasteiger partial charge in [-0.05, 0) is 31.0 Å². The highest BCUT2D eigenvalue weighted by molar-refractivity contribution is 9.09. The average Bonchev–Trinajstić information content (AvgIpc) is 2.56. The van der Waals surface area contributed by atoms with E-state index in [9.17, 15) is 0 Å². The fraction of sp³-hybridized carbons (Fsp3) is 0.500. The quantitative estimate of drug-likeness (QED) is 0.787. The Morgan fingerprint density at radius 2 is 2.33 bits per heavy atom. The SMILES string of the molecule is COc1cc2c(cc1CCBr)OC(C)C2. The molecule has 1 aliphatic heterocycles. The van der Waals surface area contributed by atoms with Gasteiger partial charge in [0.25, 0.3) is 0 Å². The first-order valence-electron chi connectivity index (χ1n) is 5.17. The maximum Gasteiger partial charge on any atom is 0.123 e. The summed E-state index contributed by atoms with van der Waals surface area (Å²) in [5.74, 6) is 2.00. The highest BCUT2D eigenvalue weighted by atomic mass is 79.9. The van der Waals surface area contributed by atoms with Crippen LogP contribution in [0.3, 0.4) is 0 Å². The van der Waals surface area contributed by atoms with E-state index < -0.39 is 0 Å². The van der Waals surface area contributed by atoms with Crippen LogP contribution in [0, 0.1) is 0 Å². The smallest absolute Gasteiger partial charge is 0.123 e. The predicted octanol–water partition coefficient (Wildman–Crippen LogP) is 2.96. The Balaban J connectivity index is 2.36. The topological polar surface area (TPSA) is 18.5 Å². The van der Waals surface area contributed by atoms with Crippen molar-refractivity contribution in [1.82, 2.24) is 0 Å². The maximum atomic E-state index is 5.72. The van der Waals surface area contributed by atoms with Crippen LogP contribution in [0.1, 0.15) is 18.1 Å². The Morgan fingerprint density at radius 3 is 3.00 bits per heavy atom. The second-order valence-electron chi connectivity index (χ2n) is 3.84. The normalized spacial score (nSPS) is 18.5. The summed E-state index contributed by atoms with van der Waals surface area (Å²) in [5.41, 5.74) is 2.47. The van der Waals surface area contributed by atoms with Crippen LogP contribution in [0.15, 0.2) is 12.1 Å². The standard InChI is InChI=1S/C12H15BrO2/c1-8-5-10-7-11(14-2)9(3-4-13)6-12(10)15-8/h6-8H,3-5H2,1-2H3. The molecule has 1 atom stereocenters. The average molecular weight is 271 g/mol. The maximum absolute atomic E-state index is 5.72. The molecule has 1 aromatic rings. The Morgan fingerprint density at radius 1 is 1.53 bits per heavy atom. The second-order valence-corrected chi connectivity index (χ2v) is 4.64. The number of benzene rings is 1. The minimum Gasteiger partial charge on any atom is -0.496 e. The third-order valence-electron chi connectivity index (χ3n) is 2.66. The largest absolute Gasteiger partial charge is 0.496 e. The summed E-state index contributed by atoms with van der Waals surface area (Å²) in [6.07, 6.45) is 2.25. The van der Waals surface area contributed by atoms with E-state index in [0.717, 1.165) is 29.7 Å². The molecule has 0 amide bonds. The zero-order chi connectivity index (χ0) is 10.8. The molecule has 0 aromatic heterocycles. The van der Waals surface area contributed by atoms with Crippen LogP contribution in [0.25, 0.3) is 0 Å². The molecule has 0 fully saturated rings. The summed E-state index contributed by atoms with van der Waals surface area (Å²) in [7, 11) is 1.72. The molecule has 0 saturated carbocycles. The number of methoxy groups -OCH3 is 1. The van der Waals surface area contributed by atoms with E-state index in [1.807, 2.05) is 0 Å². The molecular weight excluding hydrogens is 256 g/mol. The van der Waals surface area contributed by atoms with E-state index in [0.29, 0.717) is 6.10 Å². The van der Waals surface area contributed by atoms with Crippen LogP contribution < -0.4 is 9.47 Å². The van der Waals surface area contributed by atoms with E-state index in [1.165, 1.54) is 11.1 Å². The summed E-state index contributed by atoms with van der Waals surface area (Å²) in [4.78, 5) is 0. The first-order chi connectivity index (χ1) is 7.24. The van der Waals surface area contributed by atoms with Gasteiger partial charge in [0, 0.05) is 17.3 Å². The summed E-state index contributed by atoms with van der Waals surface area (Å²) >= 11 is 3.45. The minimum absolute atomic E-state index is 0.295. The van der Waals surface area contributed by atoms with Gasteiger partial charge in [-0.2, -0.15) is 0 Å². The number of ether oxygens (including phenoxy) is 2. The number of rotatable bonds is 3. The number of fused-ring (bicyclic) bond motifs is 1. The molecule has 0 saturated heterocycles. The van der Waals surface area contributed by atoms with Crippen LogP contribution in [-0.2, 0) is 12.8 Å². The third-order valence-corrected chi connectivity index (χ3v) is 3.06. The van der Waals surface area contributed by atoms with Gasteiger partial charge in [-0.15, -0.1) is 0 Å².